The highest BCUT2D eigenvalue weighted by Gasteiger charge is 2.16. The van der Waals surface area contributed by atoms with Gasteiger partial charge in [0.15, 0.2) is 0 Å². The molecule has 2 amide bonds. The average Bonchev–Trinajstić information content (AvgIpc) is 2.66. The molecule has 1 fully saturated rings. The van der Waals surface area contributed by atoms with Gasteiger partial charge in [0, 0.05) is 43.0 Å². The van der Waals surface area contributed by atoms with E-state index in [0.29, 0.717) is 31.3 Å². The molecule has 7 heteroatoms. The molecular formula is C18H21ClN4O2. The maximum Gasteiger partial charge on any atom is 0.315 e. The molecular weight excluding hydrogens is 340 g/mol. The molecule has 2 aromatic rings. The Balaban J connectivity index is 1.53. The van der Waals surface area contributed by atoms with Gasteiger partial charge in [0.1, 0.15) is 5.82 Å². The molecule has 1 aliphatic rings. The highest BCUT2D eigenvalue weighted by atomic mass is 35.5. The quantitative estimate of drug-likeness (QED) is 0.860. The van der Waals surface area contributed by atoms with Crippen molar-refractivity contribution in [3.8, 4) is 0 Å². The van der Waals surface area contributed by atoms with Gasteiger partial charge in [0.25, 0.3) is 0 Å². The van der Waals surface area contributed by atoms with Crippen molar-refractivity contribution in [2.24, 2.45) is 0 Å². The SMILES string of the molecule is O=C(NCc1cccc(Cl)c1)NCc1cccnc1N1CCOCC1. The minimum atomic E-state index is -0.225. The molecule has 0 unspecified atom stereocenters. The van der Waals surface area contributed by atoms with E-state index in [1.807, 2.05) is 30.3 Å². The van der Waals surface area contributed by atoms with Crippen LogP contribution in [0.1, 0.15) is 11.1 Å². The van der Waals surface area contributed by atoms with E-state index in [-0.39, 0.29) is 6.03 Å². The number of urea groups is 1. The van der Waals surface area contributed by atoms with Crippen molar-refractivity contribution in [1.29, 1.82) is 0 Å². The number of hydrogen-bond donors (Lipinski definition) is 2. The summed E-state index contributed by atoms with van der Waals surface area (Å²) in [5, 5.41) is 6.37. The fourth-order valence-corrected chi connectivity index (χ4v) is 2.91. The van der Waals surface area contributed by atoms with Gasteiger partial charge in [-0.3, -0.25) is 0 Å². The topological polar surface area (TPSA) is 66.5 Å². The number of benzene rings is 1. The zero-order valence-corrected chi connectivity index (χ0v) is 14.6. The first-order valence-corrected chi connectivity index (χ1v) is 8.63. The number of rotatable bonds is 5. The Morgan fingerprint density at radius 1 is 1.16 bits per heavy atom. The third-order valence-corrected chi connectivity index (χ3v) is 4.19. The van der Waals surface area contributed by atoms with Gasteiger partial charge in [-0.2, -0.15) is 0 Å². The lowest BCUT2D eigenvalue weighted by atomic mass is 10.2. The maximum atomic E-state index is 12.1. The van der Waals surface area contributed by atoms with E-state index >= 15 is 0 Å². The van der Waals surface area contributed by atoms with Crippen LogP contribution in [0.3, 0.4) is 0 Å². The highest BCUT2D eigenvalue weighted by Crippen LogP contribution is 2.18. The van der Waals surface area contributed by atoms with Crippen molar-refractivity contribution >= 4 is 23.4 Å². The van der Waals surface area contributed by atoms with Crippen molar-refractivity contribution in [2.75, 3.05) is 31.2 Å². The van der Waals surface area contributed by atoms with E-state index in [1.54, 1.807) is 12.3 Å². The third-order valence-electron chi connectivity index (χ3n) is 3.96. The molecule has 2 N–H and O–H groups in total. The predicted molar refractivity (Wildman–Crippen MR) is 97.8 cm³/mol. The van der Waals surface area contributed by atoms with Crippen LogP contribution in [0.5, 0.6) is 0 Å². The molecule has 0 spiro atoms. The van der Waals surface area contributed by atoms with Crippen molar-refractivity contribution in [1.82, 2.24) is 15.6 Å². The molecule has 2 heterocycles. The molecule has 25 heavy (non-hydrogen) atoms. The fourth-order valence-electron chi connectivity index (χ4n) is 2.70. The standard InChI is InChI=1S/C18H21ClN4O2/c19-16-5-1-3-14(11-16)12-21-18(24)22-13-15-4-2-6-20-17(15)23-7-9-25-10-8-23/h1-6,11H,7-10,12-13H2,(H2,21,22,24). The molecule has 0 aliphatic carbocycles. The molecule has 0 atom stereocenters. The van der Waals surface area contributed by atoms with Crippen LogP contribution in [-0.2, 0) is 17.8 Å². The van der Waals surface area contributed by atoms with Gasteiger partial charge in [-0.25, -0.2) is 9.78 Å². The number of ether oxygens (including phenoxy) is 1. The Kier molecular flexibility index (Phi) is 6.09. The minimum Gasteiger partial charge on any atom is -0.378 e. The van der Waals surface area contributed by atoms with Crippen LogP contribution >= 0.6 is 11.6 Å². The molecule has 1 aromatic heterocycles. The number of hydrogen-bond acceptors (Lipinski definition) is 4. The molecule has 6 nitrogen and oxygen atoms in total. The van der Waals surface area contributed by atoms with E-state index in [0.717, 1.165) is 30.0 Å². The number of morpholine rings is 1. The van der Waals surface area contributed by atoms with Gasteiger partial charge in [-0.05, 0) is 23.8 Å². The number of halogens is 1. The van der Waals surface area contributed by atoms with E-state index < -0.39 is 0 Å². The van der Waals surface area contributed by atoms with Gasteiger partial charge < -0.3 is 20.3 Å². The summed E-state index contributed by atoms with van der Waals surface area (Å²) in [6, 6.07) is 11.1. The first kappa shape index (κ1) is 17.5. The van der Waals surface area contributed by atoms with Crippen molar-refractivity contribution in [3.63, 3.8) is 0 Å². The van der Waals surface area contributed by atoms with Gasteiger partial charge >= 0.3 is 6.03 Å². The van der Waals surface area contributed by atoms with Crippen molar-refractivity contribution < 1.29 is 9.53 Å². The largest absolute Gasteiger partial charge is 0.378 e. The first-order valence-electron chi connectivity index (χ1n) is 8.25. The van der Waals surface area contributed by atoms with Crippen LogP contribution < -0.4 is 15.5 Å². The predicted octanol–water partition coefficient (Wildman–Crippen LogP) is 2.57. The van der Waals surface area contributed by atoms with Gasteiger partial charge in [-0.1, -0.05) is 29.8 Å². The summed E-state index contributed by atoms with van der Waals surface area (Å²) < 4.78 is 5.38. The van der Waals surface area contributed by atoms with Gasteiger partial charge in [0.2, 0.25) is 0 Å². The molecule has 1 aliphatic heterocycles. The average molecular weight is 361 g/mol. The van der Waals surface area contributed by atoms with Crippen LogP contribution in [0.2, 0.25) is 5.02 Å². The number of anilines is 1. The number of aromatic nitrogens is 1. The number of carbonyl (C=O) groups is 1. The number of pyridine rings is 1. The lowest BCUT2D eigenvalue weighted by Gasteiger charge is -2.29. The summed E-state index contributed by atoms with van der Waals surface area (Å²) in [7, 11) is 0. The Labute approximate surface area is 152 Å². The second-order valence-electron chi connectivity index (χ2n) is 5.75. The molecule has 0 radical (unpaired) electrons. The van der Waals surface area contributed by atoms with Crippen LogP contribution in [0.4, 0.5) is 10.6 Å². The Morgan fingerprint density at radius 3 is 2.76 bits per heavy atom. The number of nitrogens with zero attached hydrogens (tertiary/aromatic N) is 2. The van der Waals surface area contributed by atoms with Crippen molar-refractivity contribution in [3.05, 3.63) is 58.7 Å². The fraction of sp³-hybridized carbons (Fsp3) is 0.333. The minimum absolute atomic E-state index is 0.225. The Morgan fingerprint density at radius 2 is 1.96 bits per heavy atom. The lowest BCUT2D eigenvalue weighted by molar-refractivity contribution is 0.122. The molecule has 132 valence electrons. The molecule has 0 saturated carbocycles. The summed E-state index contributed by atoms with van der Waals surface area (Å²) in [6.45, 7) is 3.86. The zero-order valence-electron chi connectivity index (χ0n) is 13.9. The van der Waals surface area contributed by atoms with Crippen molar-refractivity contribution in [2.45, 2.75) is 13.1 Å². The monoisotopic (exact) mass is 360 g/mol. The summed E-state index contributed by atoms with van der Waals surface area (Å²) in [5.41, 5.74) is 1.94. The van der Waals surface area contributed by atoms with Crippen LogP contribution in [0.25, 0.3) is 0 Å². The number of amides is 2. The van der Waals surface area contributed by atoms with E-state index in [4.69, 9.17) is 16.3 Å². The van der Waals surface area contributed by atoms with E-state index in [2.05, 4.69) is 20.5 Å². The number of nitrogens with one attached hydrogen (secondary N) is 2. The molecule has 1 aromatic carbocycles. The Bertz CT molecular complexity index is 720. The smallest absolute Gasteiger partial charge is 0.315 e. The molecule has 1 saturated heterocycles. The van der Waals surface area contributed by atoms with E-state index in [1.165, 1.54) is 0 Å². The summed E-state index contributed by atoms with van der Waals surface area (Å²) in [5.74, 6) is 0.904. The Hall–Kier alpha value is -2.31. The number of carbonyl (C=O) groups excluding carboxylic acids is 1. The normalized spacial score (nSPS) is 14.2. The first-order chi connectivity index (χ1) is 12.2. The summed E-state index contributed by atoms with van der Waals surface area (Å²) in [4.78, 5) is 18.7. The van der Waals surface area contributed by atoms with Crippen LogP contribution in [0.15, 0.2) is 42.6 Å². The second kappa shape index (κ2) is 8.69. The van der Waals surface area contributed by atoms with E-state index in [9.17, 15) is 4.79 Å². The summed E-state index contributed by atoms with van der Waals surface area (Å²) >= 11 is 5.94. The third kappa shape index (κ3) is 5.08. The summed E-state index contributed by atoms with van der Waals surface area (Å²) in [6.07, 6.45) is 1.77. The van der Waals surface area contributed by atoms with Gasteiger partial charge in [0.05, 0.1) is 13.2 Å². The molecule has 0 bridgehead atoms. The second-order valence-corrected chi connectivity index (χ2v) is 6.19. The maximum absolute atomic E-state index is 12.1. The van der Waals surface area contributed by atoms with Gasteiger partial charge in [-0.15, -0.1) is 0 Å². The zero-order chi connectivity index (χ0) is 17.5. The highest BCUT2D eigenvalue weighted by molar-refractivity contribution is 6.30. The lowest BCUT2D eigenvalue weighted by Crippen LogP contribution is -2.38. The molecule has 3 rings (SSSR count). The van der Waals surface area contributed by atoms with Crippen LogP contribution in [0, 0.1) is 0 Å². The van der Waals surface area contributed by atoms with Crippen LogP contribution in [-0.4, -0.2) is 37.3 Å².